The maximum absolute atomic E-state index is 9.01. The van der Waals surface area contributed by atoms with Gasteiger partial charge in [0, 0.05) is 0 Å². The zero-order chi connectivity index (χ0) is 8.15. The van der Waals surface area contributed by atoms with Crippen LogP contribution in [0.2, 0.25) is 0 Å². The molecule has 0 saturated heterocycles. The third kappa shape index (κ3) is 4.30. The summed E-state index contributed by atoms with van der Waals surface area (Å²) in [6, 6.07) is 0. The van der Waals surface area contributed by atoms with E-state index in [-0.39, 0.29) is 0 Å². The van der Waals surface area contributed by atoms with Gasteiger partial charge in [-0.1, -0.05) is 18.7 Å². The van der Waals surface area contributed by atoms with Gasteiger partial charge in [0.25, 0.3) is 0 Å². The van der Waals surface area contributed by atoms with Crippen molar-refractivity contribution in [1.82, 2.24) is 0 Å². The van der Waals surface area contributed by atoms with Crippen LogP contribution in [-0.4, -0.2) is 18.0 Å². The number of rotatable bonds is 4. The van der Waals surface area contributed by atoms with Gasteiger partial charge in [0.15, 0.2) is 6.29 Å². The molecule has 0 aromatic carbocycles. The van der Waals surface area contributed by atoms with E-state index in [9.17, 15) is 0 Å². The quantitative estimate of drug-likeness (QED) is 0.476. The molecule has 1 unspecified atom stereocenters. The lowest BCUT2D eigenvalue weighted by Gasteiger charge is -2.10. The molecular formula is C8H14O2. The number of aliphatic hydroxyl groups is 1. The normalized spacial score (nSPS) is 12.7. The van der Waals surface area contributed by atoms with E-state index in [1.165, 1.54) is 0 Å². The average molecular weight is 142 g/mol. The predicted molar refractivity (Wildman–Crippen MR) is 41.6 cm³/mol. The van der Waals surface area contributed by atoms with E-state index in [2.05, 4.69) is 13.2 Å². The summed E-state index contributed by atoms with van der Waals surface area (Å²) in [6.07, 6.45) is -0.850. The van der Waals surface area contributed by atoms with Crippen LogP contribution >= 0.6 is 0 Å². The molecule has 0 aliphatic heterocycles. The summed E-state index contributed by atoms with van der Waals surface area (Å²) >= 11 is 0. The van der Waals surface area contributed by atoms with E-state index in [0.717, 1.165) is 5.57 Å². The van der Waals surface area contributed by atoms with Gasteiger partial charge in [-0.2, -0.15) is 0 Å². The Balaban J connectivity index is 3.49. The molecule has 2 nitrogen and oxygen atoms in total. The Morgan fingerprint density at radius 2 is 2.00 bits per heavy atom. The molecule has 0 spiro atoms. The summed E-state index contributed by atoms with van der Waals surface area (Å²) in [6.45, 7) is 11.1. The molecule has 1 atom stereocenters. The lowest BCUT2D eigenvalue weighted by Crippen LogP contribution is -2.13. The van der Waals surface area contributed by atoms with Gasteiger partial charge in [-0.15, -0.1) is 0 Å². The standard InChI is InChI=1S/C8H14O2/c1-6(2)5-10-8(9)7(3)4/h8-9H,1,3,5H2,2,4H3. The molecule has 0 rings (SSSR count). The summed E-state index contributed by atoms with van der Waals surface area (Å²) in [5.74, 6) is 0. The molecule has 0 aliphatic rings. The van der Waals surface area contributed by atoms with Crippen LogP contribution in [0.1, 0.15) is 13.8 Å². The molecular weight excluding hydrogens is 128 g/mol. The van der Waals surface area contributed by atoms with Crippen LogP contribution in [0.3, 0.4) is 0 Å². The zero-order valence-electron chi connectivity index (χ0n) is 6.55. The highest BCUT2D eigenvalue weighted by molar-refractivity contribution is 4.94. The summed E-state index contributed by atoms with van der Waals surface area (Å²) in [5, 5.41) is 9.01. The first-order valence-corrected chi connectivity index (χ1v) is 3.13. The van der Waals surface area contributed by atoms with Crippen molar-refractivity contribution in [2.24, 2.45) is 0 Å². The Hall–Kier alpha value is -0.600. The Labute approximate surface area is 61.8 Å². The van der Waals surface area contributed by atoms with Crippen LogP contribution in [-0.2, 0) is 4.74 Å². The zero-order valence-corrected chi connectivity index (χ0v) is 6.55. The number of hydrogen-bond donors (Lipinski definition) is 1. The van der Waals surface area contributed by atoms with Crippen molar-refractivity contribution in [3.05, 3.63) is 24.3 Å². The third-order valence-electron chi connectivity index (χ3n) is 0.909. The maximum Gasteiger partial charge on any atom is 0.176 e. The molecule has 2 heteroatoms. The molecule has 1 N–H and O–H groups in total. The fraction of sp³-hybridized carbons (Fsp3) is 0.500. The van der Waals surface area contributed by atoms with Crippen molar-refractivity contribution in [3.8, 4) is 0 Å². The highest BCUT2D eigenvalue weighted by atomic mass is 16.6. The first-order chi connectivity index (χ1) is 4.54. The minimum atomic E-state index is -0.850. The lowest BCUT2D eigenvalue weighted by molar-refractivity contribution is -0.0626. The van der Waals surface area contributed by atoms with Crippen molar-refractivity contribution in [2.45, 2.75) is 20.1 Å². The van der Waals surface area contributed by atoms with Crippen LogP contribution in [0, 0.1) is 0 Å². The van der Waals surface area contributed by atoms with E-state index >= 15 is 0 Å². The molecule has 0 aliphatic carbocycles. The molecule has 10 heavy (non-hydrogen) atoms. The first kappa shape index (κ1) is 9.40. The summed E-state index contributed by atoms with van der Waals surface area (Å²) in [7, 11) is 0. The summed E-state index contributed by atoms with van der Waals surface area (Å²) in [5.41, 5.74) is 1.50. The van der Waals surface area contributed by atoms with Gasteiger partial charge < -0.3 is 9.84 Å². The van der Waals surface area contributed by atoms with E-state index in [4.69, 9.17) is 9.84 Å². The fourth-order valence-corrected chi connectivity index (χ4v) is 0.363. The van der Waals surface area contributed by atoms with Crippen LogP contribution < -0.4 is 0 Å². The fourth-order valence-electron chi connectivity index (χ4n) is 0.363. The van der Waals surface area contributed by atoms with Crippen LogP contribution in [0.15, 0.2) is 24.3 Å². The van der Waals surface area contributed by atoms with Gasteiger partial charge in [0.2, 0.25) is 0 Å². The highest BCUT2D eigenvalue weighted by Crippen LogP contribution is 2.00. The van der Waals surface area contributed by atoms with Crippen LogP contribution in [0.5, 0.6) is 0 Å². The maximum atomic E-state index is 9.01. The molecule has 0 radical (unpaired) electrons. The molecule has 0 fully saturated rings. The predicted octanol–water partition coefficient (Wildman–Crippen LogP) is 1.47. The van der Waals surface area contributed by atoms with Gasteiger partial charge in [-0.05, 0) is 19.4 Å². The Kier molecular flexibility index (Phi) is 4.00. The number of aliphatic hydroxyl groups excluding tert-OH is 1. The SMILES string of the molecule is C=C(C)COC(O)C(=C)C. The second-order valence-electron chi connectivity index (χ2n) is 2.47. The van der Waals surface area contributed by atoms with E-state index in [1.807, 2.05) is 6.92 Å². The first-order valence-electron chi connectivity index (χ1n) is 3.13. The molecule has 0 bridgehead atoms. The van der Waals surface area contributed by atoms with Crippen molar-refractivity contribution in [2.75, 3.05) is 6.61 Å². The minimum Gasteiger partial charge on any atom is -0.364 e. The Morgan fingerprint density at radius 1 is 1.50 bits per heavy atom. The lowest BCUT2D eigenvalue weighted by atomic mass is 10.3. The number of ether oxygens (including phenoxy) is 1. The van der Waals surface area contributed by atoms with E-state index in [0.29, 0.717) is 12.2 Å². The smallest absolute Gasteiger partial charge is 0.176 e. The van der Waals surface area contributed by atoms with Gasteiger partial charge >= 0.3 is 0 Å². The van der Waals surface area contributed by atoms with Crippen molar-refractivity contribution < 1.29 is 9.84 Å². The molecule has 0 amide bonds. The van der Waals surface area contributed by atoms with Gasteiger partial charge in [-0.25, -0.2) is 0 Å². The Bertz CT molecular complexity index is 138. The van der Waals surface area contributed by atoms with Crippen molar-refractivity contribution in [1.29, 1.82) is 0 Å². The third-order valence-corrected chi connectivity index (χ3v) is 0.909. The molecule has 0 aromatic heterocycles. The molecule has 0 heterocycles. The van der Waals surface area contributed by atoms with Crippen LogP contribution in [0.25, 0.3) is 0 Å². The largest absolute Gasteiger partial charge is 0.364 e. The second kappa shape index (κ2) is 4.25. The van der Waals surface area contributed by atoms with Crippen LogP contribution in [0.4, 0.5) is 0 Å². The van der Waals surface area contributed by atoms with E-state index < -0.39 is 6.29 Å². The number of hydrogen-bond acceptors (Lipinski definition) is 2. The van der Waals surface area contributed by atoms with Crippen molar-refractivity contribution >= 4 is 0 Å². The monoisotopic (exact) mass is 142 g/mol. The average Bonchev–Trinajstić information content (AvgIpc) is 1.82. The Morgan fingerprint density at radius 3 is 2.30 bits per heavy atom. The topological polar surface area (TPSA) is 29.5 Å². The molecule has 0 aromatic rings. The highest BCUT2D eigenvalue weighted by Gasteiger charge is 2.02. The molecule has 58 valence electrons. The summed E-state index contributed by atoms with van der Waals surface area (Å²) < 4.78 is 4.92. The summed E-state index contributed by atoms with van der Waals surface area (Å²) in [4.78, 5) is 0. The second-order valence-corrected chi connectivity index (χ2v) is 2.47. The molecule has 0 saturated carbocycles. The van der Waals surface area contributed by atoms with Gasteiger partial charge in [0.1, 0.15) is 0 Å². The van der Waals surface area contributed by atoms with Gasteiger partial charge in [0.05, 0.1) is 6.61 Å². The van der Waals surface area contributed by atoms with Gasteiger partial charge in [-0.3, -0.25) is 0 Å². The van der Waals surface area contributed by atoms with E-state index in [1.54, 1.807) is 6.92 Å². The van der Waals surface area contributed by atoms with Crippen molar-refractivity contribution in [3.63, 3.8) is 0 Å². The minimum absolute atomic E-state index is 0.383.